The van der Waals surface area contributed by atoms with E-state index in [4.69, 9.17) is 0 Å². The summed E-state index contributed by atoms with van der Waals surface area (Å²) in [7, 11) is 0.123. The Morgan fingerprint density at radius 3 is 2.40 bits per heavy atom. The maximum atomic E-state index is 13.4. The van der Waals surface area contributed by atoms with Gasteiger partial charge in [0, 0.05) is 33.2 Å². The predicted molar refractivity (Wildman–Crippen MR) is 131 cm³/mol. The van der Waals surface area contributed by atoms with Gasteiger partial charge in [-0.1, -0.05) is 36.4 Å². The standard InChI is InChI=1S/C21H29FN4O2S.HI/c1-16(2)25-29(27,28)15-19-10-6-5-9-18(19)13-24-21(23-3)26(4)14-17-8-7-11-20(22)12-17;/h5-12,16,25H,13-15H2,1-4H3,(H,23,24);1H. The highest BCUT2D eigenvalue weighted by Crippen LogP contribution is 2.13. The lowest BCUT2D eigenvalue weighted by atomic mass is 10.1. The molecular formula is C21H30FIN4O2S. The Morgan fingerprint density at radius 2 is 1.80 bits per heavy atom. The summed E-state index contributed by atoms with van der Waals surface area (Å²) < 4.78 is 40.6. The van der Waals surface area contributed by atoms with E-state index in [0.717, 1.165) is 16.7 Å². The van der Waals surface area contributed by atoms with Crippen molar-refractivity contribution in [3.63, 3.8) is 0 Å². The minimum absolute atomic E-state index is 0. The topological polar surface area (TPSA) is 73.8 Å². The van der Waals surface area contributed by atoms with Crippen LogP contribution < -0.4 is 10.0 Å². The SMILES string of the molecule is CN=C(NCc1ccccc1CS(=O)(=O)NC(C)C)N(C)Cc1cccc(F)c1.I. The predicted octanol–water partition coefficient (Wildman–Crippen LogP) is 3.48. The Hall–Kier alpha value is -1.72. The molecule has 0 unspecified atom stereocenters. The number of hydrogen-bond acceptors (Lipinski definition) is 3. The van der Waals surface area contributed by atoms with Gasteiger partial charge >= 0.3 is 0 Å². The first-order valence-corrected chi connectivity index (χ1v) is 11.1. The van der Waals surface area contributed by atoms with Crippen molar-refractivity contribution >= 4 is 40.0 Å². The number of aliphatic imine (C=N–C) groups is 1. The van der Waals surface area contributed by atoms with Gasteiger partial charge in [0.1, 0.15) is 5.82 Å². The van der Waals surface area contributed by atoms with Crippen molar-refractivity contribution in [2.45, 2.75) is 38.7 Å². The van der Waals surface area contributed by atoms with Crippen LogP contribution in [0.15, 0.2) is 53.5 Å². The summed E-state index contributed by atoms with van der Waals surface area (Å²) in [6.45, 7) is 4.51. The van der Waals surface area contributed by atoms with E-state index in [0.29, 0.717) is 19.0 Å². The van der Waals surface area contributed by atoms with Gasteiger partial charge in [-0.2, -0.15) is 0 Å². The smallest absolute Gasteiger partial charge is 0.216 e. The van der Waals surface area contributed by atoms with Gasteiger partial charge in [-0.15, -0.1) is 24.0 Å². The molecule has 0 aliphatic carbocycles. The minimum atomic E-state index is -3.42. The second-order valence-corrected chi connectivity index (χ2v) is 8.94. The van der Waals surface area contributed by atoms with E-state index < -0.39 is 10.0 Å². The summed E-state index contributed by atoms with van der Waals surface area (Å²) >= 11 is 0. The molecular weight excluding hydrogens is 518 g/mol. The Balaban J connectivity index is 0.00000450. The normalized spacial score (nSPS) is 11.9. The van der Waals surface area contributed by atoms with Crippen LogP contribution in [0.25, 0.3) is 0 Å². The zero-order valence-corrected chi connectivity index (χ0v) is 20.9. The largest absolute Gasteiger partial charge is 0.352 e. The average molecular weight is 548 g/mol. The van der Waals surface area contributed by atoms with Crippen LogP contribution in [-0.2, 0) is 28.9 Å². The van der Waals surface area contributed by atoms with E-state index in [9.17, 15) is 12.8 Å². The van der Waals surface area contributed by atoms with Gasteiger partial charge in [-0.3, -0.25) is 4.99 Å². The molecule has 30 heavy (non-hydrogen) atoms. The first-order chi connectivity index (χ1) is 13.7. The lowest BCUT2D eigenvalue weighted by Gasteiger charge is -2.23. The molecule has 0 bridgehead atoms. The number of benzene rings is 2. The molecule has 0 radical (unpaired) electrons. The van der Waals surface area contributed by atoms with Gasteiger partial charge in [-0.25, -0.2) is 17.5 Å². The summed E-state index contributed by atoms with van der Waals surface area (Å²) in [5, 5.41) is 3.25. The second-order valence-electron chi connectivity index (χ2n) is 7.19. The number of halogens is 2. The van der Waals surface area contributed by atoms with Crippen molar-refractivity contribution in [1.82, 2.24) is 14.9 Å². The van der Waals surface area contributed by atoms with Gasteiger partial charge in [-0.05, 0) is 42.7 Å². The van der Waals surface area contributed by atoms with Crippen molar-refractivity contribution in [3.05, 3.63) is 71.0 Å². The lowest BCUT2D eigenvalue weighted by molar-refractivity contribution is 0.474. The van der Waals surface area contributed by atoms with Gasteiger partial charge < -0.3 is 10.2 Å². The summed E-state index contributed by atoms with van der Waals surface area (Å²) in [6.07, 6.45) is 0. The zero-order chi connectivity index (χ0) is 21.4. The van der Waals surface area contributed by atoms with Crippen LogP contribution in [0, 0.1) is 5.82 Å². The molecule has 2 aromatic carbocycles. The fraction of sp³-hybridized carbons (Fsp3) is 0.381. The van der Waals surface area contributed by atoms with Gasteiger partial charge in [0.05, 0.1) is 5.75 Å². The molecule has 0 heterocycles. The molecule has 2 N–H and O–H groups in total. The number of sulfonamides is 1. The molecule has 6 nitrogen and oxygen atoms in total. The molecule has 0 aromatic heterocycles. The van der Waals surface area contributed by atoms with Crippen molar-refractivity contribution in [2.75, 3.05) is 14.1 Å². The maximum absolute atomic E-state index is 13.4. The number of guanidine groups is 1. The van der Waals surface area contributed by atoms with Crippen LogP contribution >= 0.6 is 24.0 Å². The third kappa shape index (κ3) is 8.57. The van der Waals surface area contributed by atoms with Gasteiger partial charge in [0.25, 0.3) is 0 Å². The molecule has 0 fully saturated rings. The average Bonchev–Trinajstić information content (AvgIpc) is 2.62. The van der Waals surface area contributed by atoms with E-state index in [1.54, 1.807) is 27.0 Å². The van der Waals surface area contributed by atoms with E-state index in [-0.39, 0.29) is 41.6 Å². The summed E-state index contributed by atoms with van der Waals surface area (Å²) in [4.78, 5) is 6.16. The first kappa shape index (κ1) is 26.3. The summed E-state index contributed by atoms with van der Waals surface area (Å²) in [5.41, 5.74) is 2.44. The quantitative estimate of drug-likeness (QED) is 0.301. The summed E-state index contributed by atoms with van der Waals surface area (Å²) in [5.74, 6) is 0.275. The number of hydrogen-bond donors (Lipinski definition) is 2. The van der Waals surface area contributed by atoms with Crippen LogP contribution in [0.3, 0.4) is 0 Å². The Labute approximate surface area is 196 Å². The molecule has 0 aliphatic heterocycles. The first-order valence-electron chi connectivity index (χ1n) is 9.43. The molecule has 0 saturated carbocycles. The van der Waals surface area contributed by atoms with E-state index in [1.807, 2.05) is 42.3 Å². The van der Waals surface area contributed by atoms with E-state index >= 15 is 0 Å². The van der Waals surface area contributed by atoms with Crippen molar-refractivity contribution in [3.8, 4) is 0 Å². The Bertz CT molecular complexity index is 952. The fourth-order valence-corrected chi connectivity index (χ4v) is 4.51. The molecule has 0 amide bonds. The second kappa shape index (κ2) is 12.2. The Morgan fingerprint density at radius 1 is 1.13 bits per heavy atom. The lowest BCUT2D eigenvalue weighted by Crippen LogP contribution is -2.38. The number of rotatable bonds is 8. The molecule has 2 aromatic rings. The molecule has 166 valence electrons. The third-order valence-electron chi connectivity index (χ3n) is 4.20. The molecule has 0 atom stereocenters. The molecule has 0 spiro atoms. The molecule has 0 saturated heterocycles. The number of nitrogens with zero attached hydrogens (tertiary/aromatic N) is 2. The molecule has 2 rings (SSSR count). The maximum Gasteiger partial charge on any atom is 0.216 e. The third-order valence-corrected chi connectivity index (χ3v) is 5.72. The minimum Gasteiger partial charge on any atom is -0.352 e. The Kier molecular flexibility index (Phi) is 10.7. The molecule has 0 aliphatic rings. The van der Waals surface area contributed by atoms with Crippen molar-refractivity contribution < 1.29 is 12.8 Å². The van der Waals surface area contributed by atoms with Crippen molar-refractivity contribution in [1.29, 1.82) is 0 Å². The van der Waals surface area contributed by atoms with Crippen LogP contribution in [0.5, 0.6) is 0 Å². The van der Waals surface area contributed by atoms with Crippen LogP contribution in [0.1, 0.15) is 30.5 Å². The highest BCUT2D eigenvalue weighted by atomic mass is 127. The van der Waals surface area contributed by atoms with Crippen LogP contribution in [0.2, 0.25) is 0 Å². The fourth-order valence-electron chi connectivity index (χ4n) is 3.02. The zero-order valence-electron chi connectivity index (χ0n) is 17.7. The highest BCUT2D eigenvalue weighted by molar-refractivity contribution is 14.0. The molecule has 9 heteroatoms. The van der Waals surface area contributed by atoms with Gasteiger partial charge in [0.2, 0.25) is 10.0 Å². The van der Waals surface area contributed by atoms with E-state index in [2.05, 4.69) is 15.0 Å². The van der Waals surface area contributed by atoms with Gasteiger partial charge in [0.15, 0.2) is 5.96 Å². The van der Waals surface area contributed by atoms with Crippen molar-refractivity contribution in [2.24, 2.45) is 4.99 Å². The number of nitrogens with one attached hydrogen (secondary N) is 2. The van der Waals surface area contributed by atoms with E-state index in [1.165, 1.54) is 12.1 Å². The highest BCUT2D eigenvalue weighted by Gasteiger charge is 2.16. The van der Waals surface area contributed by atoms with Crippen LogP contribution in [0.4, 0.5) is 4.39 Å². The summed E-state index contributed by atoms with van der Waals surface area (Å²) in [6, 6.07) is 13.7. The monoisotopic (exact) mass is 548 g/mol. The van der Waals surface area contributed by atoms with Crippen LogP contribution in [-0.4, -0.2) is 39.4 Å².